The molecule has 7 nitrogen and oxygen atoms in total. The van der Waals surface area contributed by atoms with Crippen molar-refractivity contribution in [2.45, 2.75) is 51.5 Å². The maximum Gasteiger partial charge on any atom is 0.231 e. The largest absolute Gasteiger partial charge is 0.494 e. The van der Waals surface area contributed by atoms with Crippen molar-refractivity contribution in [3.05, 3.63) is 78.1 Å². The van der Waals surface area contributed by atoms with Crippen LogP contribution in [0.5, 0.6) is 17.2 Å². The van der Waals surface area contributed by atoms with Gasteiger partial charge < -0.3 is 23.7 Å². The van der Waals surface area contributed by atoms with Crippen molar-refractivity contribution < 1.29 is 19.0 Å². The number of anilines is 1. The predicted molar refractivity (Wildman–Crippen MR) is 147 cm³/mol. The van der Waals surface area contributed by atoms with Crippen LogP contribution in [-0.4, -0.2) is 35.4 Å². The van der Waals surface area contributed by atoms with Gasteiger partial charge in [-0.25, -0.2) is 4.98 Å². The molecule has 3 aromatic carbocycles. The average molecular weight is 512 g/mol. The minimum atomic E-state index is 0.00573. The van der Waals surface area contributed by atoms with E-state index in [1.165, 1.54) is 5.56 Å². The van der Waals surface area contributed by atoms with E-state index in [1.54, 1.807) is 0 Å². The van der Waals surface area contributed by atoms with Gasteiger partial charge in [0.2, 0.25) is 12.7 Å². The Bertz CT molecular complexity index is 1470. The molecule has 4 aromatic rings. The number of benzene rings is 3. The predicted octanol–water partition coefficient (Wildman–Crippen LogP) is 6.05. The molecule has 1 atom stereocenters. The molecular weight excluding hydrogens is 478 g/mol. The van der Waals surface area contributed by atoms with E-state index in [4.69, 9.17) is 19.2 Å². The molecule has 2 aliphatic heterocycles. The summed E-state index contributed by atoms with van der Waals surface area (Å²) < 4.78 is 19.3. The number of carbonyl (C=O) groups is 1. The van der Waals surface area contributed by atoms with Crippen molar-refractivity contribution in [1.82, 2.24) is 9.55 Å². The van der Waals surface area contributed by atoms with E-state index in [-0.39, 0.29) is 24.0 Å². The number of imidazole rings is 1. The third-order valence-corrected chi connectivity index (χ3v) is 7.36. The fraction of sp³-hybridized carbons (Fsp3) is 0.355. The first-order chi connectivity index (χ1) is 18.4. The van der Waals surface area contributed by atoms with Crippen LogP contribution in [0.25, 0.3) is 11.0 Å². The summed E-state index contributed by atoms with van der Waals surface area (Å²) in [6, 6.07) is 22.2. The Hall–Kier alpha value is -4.00. The monoisotopic (exact) mass is 511 g/mol. The van der Waals surface area contributed by atoms with Crippen LogP contribution in [0.3, 0.4) is 0 Å². The molecule has 1 fully saturated rings. The lowest BCUT2D eigenvalue weighted by molar-refractivity contribution is -0.117. The second kappa shape index (κ2) is 9.71. The normalized spacial score (nSPS) is 17.0. The number of hydrogen-bond acceptors (Lipinski definition) is 5. The summed E-state index contributed by atoms with van der Waals surface area (Å²) in [5, 5.41) is 0. The van der Waals surface area contributed by atoms with Crippen LogP contribution in [-0.2, 0) is 16.8 Å². The van der Waals surface area contributed by atoms with Gasteiger partial charge in [-0.15, -0.1) is 0 Å². The molecule has 7 heteroatoms. The molecule has 6 rings (SSSR count). The maximum atomic E-state index is 13.1. The third kappa shape index (κ3) is 4.69. The zero-order valence-electron chi connectivity index (χ0n) is 22.1. The van der Waals surface area contributed by atoms with Crippen molar-refractivity contribution in [2.24, 2.45) is 0 Å². The number of aromatic nitrogens is 2. The van der Waals surface area contributed by atoms with Crippen LogP contribution in [0.1, 0.15) is 50.9 Å². The van der Waals surface area contributed by atoms with Crippen molar-refractivity contribution in [3.63, 3.8) is 0 Å². The molecule has 196 valence electrons. The zero-order valence-corrected chi connectivity index (χ0v) is 22.1. The van der Waals surface area contributed by atoms with E-state index in [1.807, 2.05) is 53.4 Å². The summed E-state index contributed by atoms with van der Waals surface area (Å²) in [4.78, 5) is 19.9. The highest BCUT2D eigenvalue weighted by molar-refractivity contribution is 5.97. The van der Waals surface area contributed by atoms with Crippen LogP contribution in [0.4, 0.5) is 5.69 Å². The minimum Gasteiger partial charge on any atom is -0.494 e. The first kappa shape index (κ1) is 24.3. The van der Waals surface area contributed by atoms with Crippen LogP contribution in [0.15, 0.2) is 66.7 Å². The van der Waals surface area contributed by atoms with E-state index in [0.717, 1.165) is 41.3 Å². The zero-order chi connectivity index (χ0) is 26.3. The Balaban J connectivity index is 1.17. The highest BCUT2D eigenvalue weighted by Gasteiger charge is 2.35. The van der Waals surface area contributed by atoms with Gasteiger partial charge in [-0.1, -0.05) is 45.0 Å². The molecule has 1 amide bonds. The Morgan fingerprint density at radius 2 is 1.79 bits per heavy atom. The minimum absolute atomic E-state index is 0.00573. The molecule has 38 heavy (non-hydrogen) atoms. The van der Waals surface area contributed by atoms with Gasteiger partial charge in [-0.05, 0) is 53.8 Å². The van der Waals surface area contributed by atoms with E-state index in [9.17, 15) is 4.79 Å². The lowest BCUT2D eigenvalue weighted by Gasteiger charge is -2.19. The number of aryl methyl sites for hydroxylation is 1. The van der Waals surface area contributed by atoms with Crippen LogP contribution < -0.4 is 19.1 Å². The first-order valence-corrected chi connectivity index (χ1v) is 13.3. The molecule has 0 saturated carbocycles. The standard InChI is InChI=1S/C31H33N3O4/c1-31(2,3)22-9-12-24(13-10-22)36-16-6-15-33-26-8-5-4-7-25(26)32-30(33)21-17-29(35)34(19-21)23-11-14-27-28(18-23)38-20-37-27/h4-5,7-14,18,21H,6,15-17,19-20H2,1-3H3. The summed E-state index contributed by atoms with van der Waals surface area (Å²) >= 11 is 0. The number of para-hydroxylation sites is 2. The number of rotatable bonds is 7. The summed E-state index contributed by atoms with van der Waals surface area (Å²) in [7, 11) is 0. The number of carbonyl (C=O) groups excluding carboxylic acids is 1. The first-order valence-electron chi connectivity index (χ1n) is 13.3. The van der Waals surface area contributed by atoms with E-state index in [0.29, 0.717) is 31.1 Å². The number of fused-ring (bicyclic) bond motifs is 2. The quantitative estimate of drug-likeness (QED) is 0.283. The van der Waals surface area contributed by atoms with Gasteiger partial charge in [-0.2, -0.15) is 0 Å². The van der Waals surface area contributed by atoms with Crippen LogP contribution >= 0.6 is 0 Å². The van der Waals surface area contributed by atoms with Gasteiger partial charge >= 0.3 is 0 Å². The summed E-state index contributed by atoms with van der Waals surface area (Å²) in [5.74, 6) is 3.33. The van der Waals surface area contributed by atoms with E-state index >= 15 is 0 Å². The number of hydrogen-bond donors (Lipinski definition) is 0. The third-order valence-electron chi connectivity index (χ3n) is 7.36. The molecule has 0 radical (unpaired) electrons. The van der Waals surface area contributed by atoms with Gasteiger partial charge in [-0.3, -0.25) is 4.79 Å². The molecule has 1 saturated heterocycles. The molecule has 0 N–H and O–H groups in total. The molecule has 1 unspecified atom stereocenters. The Labute approximate surface area is 222 Å². The highest BCUT2D eigenvalue weighted by atomic mass is 16.7. The highest BCUT2D eigenvalue weighted by Crippen LogP contribution is 2.39. The fourth-order valence-electron chi connectivity index (χ4n) is 5.29. The van der Waals surface area contributed by atoms with Crippen molar-refractivity contribution in [3.8, 4) is 17.2 Å². The van der Waals surface area contributed by atoms with E-state index in [2.05, 4.69) is 43.5 Å². The van der Waals surface area contributed by atoms with Gasteiger partial charge in [0.05, 0.1) is 17.6 Å². The van der Waals surface area contributed by atoms with E-state index < -0.39 is 0 Å². The summed E-state index contributed by atoms with van der Waals surface area (Å²) in [6.07, 6.45) is 1.26. The topological polar surface area (TPSA) is 65.8 Å². The van der Waals surface area contributed by atoms with Crippen LogP contribution in [0.2, 0.25) is 0 Å². The Kier molecular flexibility index (Phi) is 6.22. The van der Waals surface area contributed by atoms with Crippen molar-refractivity contribution >= 4 is 22.6 Å². The molecule has 0 spiro atoms. The van der Waals surface area contributed by atoms with Gasteiger partial charge in [0.15, 0.2) is 11.5 Å². The summed E-state index contributed by atoms with van der Waals surface area (Å²) in [5.41, 5.74) is 4.29. The number of nitrogens with zero attached hydrogens (tertiary/aromatic N) is 3. The maximum absolute atomic E-state index is 13.1. The average Bonchev–Trinajstić information content (AvgIpc) is 3.62. The second-order valence-corrected chi connectivity index (χ2v) is 11.0. The molecule has 3 heterocycles. The lowest BCUT2D eigenvalue weighted by atomic mass is 9.87. The molecule has 2 aliphatic rings. The van der Waals surface area contributed by atoms with Gasteiger partial charge in [0, 0.05) is 37.2 Å². The fourth-order valence-corrected chi connectivity index (χ4v) is 5.29. The molecule has 0 bridgehead atoms. The number of amides is 1. The SMILES string of the molecule is CC(C)(C)c1ccc(OCCCn2c(C3CC(=O)N(c4ccc5c(c4)OCO5)C3)nc3ccccc32)cc1. The van der Waals surface area contributed by atoms with Crippen molar-refractivity contribution in [1.29, 1.82) is 0 Å². The second-order valence-electron chi connectivity index (χ2n) is 11.0. The molecular formula is C31H33N3O4. The summed E-state index contributed by atoms with van der Waals surface area (Å²) in [6.45, 7) is 8.80. The Morgan fingerprint density at radius 1 is 1.00 bits per heavy atom. The van der Waals surface area contributed by atoms with Gasteiger partial charge in [0.25, 0.3) is 0 Å². The van der Waals surface area contributed by atoms with Crippen LogP contribution in [0, 0.1) is 0 Å². The van der Waals surface area contributed by atoms with Crippen molar-refractivity contribution in [2.75, 3.05) is 24.8 Å². The number of ether oxygens (including phenoxy) is 3. The molecule has 0 aliphatic carbocycles. The van der Waals surface area contributed by atoms with Gasteiger partial charge in [0.1, 0.15) is 11.6 Å². The Morgan fingerprint density at radius 3 is 2.61 bits per heavy atom. The smallest absolute Gasteiger partial charge is 0.231 e. The molecule has 1 aromatic heterocycles. The lowest BCUT2D eigenvalue weighted by Crippen LogP contribution is -2.24.